The van der Waals surface area contributed by atoms with Gasteiger partial charge in [-0.1, -0.05) is 73.5 Å². The Bertz CT molecular complexity index is 613. The van der Waals surface area contributed by atoms with Crippen molar-refractivity contribution in [2.75, 3.05) is 6.54 Å². The largest absolute Gasteiger partial charge is 0.451 e. The molecule has 0 saturated carbocycles. The van der Waals surface area contributed by atoms with Crippen LogP contribution in [-0.2, 0) is 0 Å². The topological polar surface area (TPSA) is 98.7 Å². The second-order valence-electron chi connectivity index (χ2n) is 6.68. The van der Waals surface area contributed by atoms with Crippen LogP contribution in [-0.4, -0.2) is 34.9 Å². The molecule has 0 aromatic heterocycles. The molecule has 1 unspecified atom stereocenters. The Morgan fingerprint density at radius 1 is 0.885 bits per heavy atom. The Morgan fingerprint density at radius 2 is 1.46 bits per heavy atom. The molecule has 5 nitrogen and oxygen atoms in total. The van der Waals surface area contributed by atoms with Crippen molar-refractivity contribution in [1.29, 1.82) is 0 Å². The van der Waals surface area contributed by atoms with Gasteiger partial charge in [0.15, 0.2) is 0 Å². The smallest absolute Gasteiger partial charge is 0.427 e. The van der Waals surface area contributed by atoms with Crippen LogP contribution in [0.2, 0.25) is 6.32 Å². The summed E-state index contributed by atoms with van der Waals surface area (Å²) in [5.41, 5.74) is 8.06. The summed E-state index contributed by atoms with van der Waals surface area (Å²) in [4.78, 5) is 0. The first kappa shape index (κ1) is 20.6. The minimum absolute atomic E-state index is 0.0555. The Kier molecular flexibility index (Phi) is 8.81. The lowest BCUT2D eigenvalue weighted by Gasteiger charge is -2.26. The van der Waals surface area contributed by atoms with E-state index in [9.17, 15) is 5.11 Å². The highest BCUT2D eigenvalue weighted by atomic mass is 16.4. The van der Waals surface area contributed by atoms with Crippen LogP contribution in [0, 0.1) is 0 Å². The molecule has 3 atom stereocenters. The molecule has 0 radical (unpaired) electrons. The van der Waals surface area contributed by atoms with E-state index in [-0.39, 0.29) is 12.1 Å². The van der Waals surface area contributed by atoms with Crippen molar-refractivity contribution in [1.82, 2.24) is 5.32 Å². The molecular formula is C20H29BN2O3. The average Bonchev–Trinajstić information content (AvgIpc) is 2.66. The molecule has 0 aliphatic carbocycles. The second-order valence-corrected chi connectivity index (χ2v) is 6.68. The maximum Gasteiger partial charge on any atom is 0.451 e. The number of aliphatic hydroxyl groups excluding tert-OH is 1. The molecule has 0 heterocycles. The third-order valence-electron chi connectivity index (χ3n) is 4.50. The monoisotopic (exact) mass is 356 g/mol. The van der Waals surface area contributed by atoms with Crippen LogP contribution in [0.1, 0.15) is 42.5 Å². The third kappa shape index (κ3) is 6.90. The van der Waals surface area contributed by atoms with Gasteiger partial charge in [-0.3, -0.25) is 0 Å². The highest BCUT2D eigenvalue weighted by Gasteiger charge is 2.22. The Labute approximate surface area is 156 Å². The van der Waals surface area contributed by atoms with Crippen molar-refractivity contribution < 1.29 is 15.2 Å². The van der Waals surface area contributed by atoms with E-state index in [2.05, 4.69) is 5.32 Å². The van der Waals surface area contributed by atoms with Crippen LogP contribution in [0.4, 0.5) is 0 Å². The summed E-state index contributed by atoms with van der Waals surface area (Å²) in [5, 5.41) is 32.0. The lowest BCUT2D eigenvalue weighted by atomic mass is 9.83. The van der Waals surface area contributed by atoms with E-state index in [4.69, 9.17) is 15.8 Å². The molecule has 0 aliphatic rings. The van der Waals surface area contributed by atoms with Gasteiger partial charge in [-0.25, -0.2) is 0 Å². The first-order valence-corrected chi connectivity index (χ1v) is 9.21. The summed E-state index contributed by atoms with van der Waals surface area (Å²) in [6, 6.07) is 19.2. The number of benzene rings is 2. The molecule has 2 aromatic carbocycles. The fourth-order valence-electron chi connectivity index (χ4n) is 3.03. The van der Waals surface area contributed by atoms with Crippen molar-refractivity contribution in [2.45, 2.75) is 43.8 Å². The van der Waals surface area contributed by atoms with Crippen LogP contribution in [0.5, 0.6) is 0 Å². The number of nitrogens with one attached hydrogen (secondary N) is 1. The maximum absolute atomic E-state index is 10.9. The fraction of sp³-hybridized carbons (Fsp3) is 0.400. The van der Waals surface area contributed by atoms with Crippen molar-refractivity contribution in [3.05, 3.63) is 71.8 Å². The van der Waals surface area contributed by atoms with Crippen molar-refractivity contribution in [3.63, 3.8) is 0 Å². The van der Waals surface area contributed by atoms with Crippen molar-refractivity contribution >= 4 is 7.12 Å². The number of nitrogens with two attached hydrogens (primary N) is 1. The highest BCUT2D eigenvalue weighted by Crippen LogP contribution is 2.28. The molecule has 0 spiro atoms. The fourth-order valence-corrected chi connectivity index (χ4v) is 3.03. The van der Waals surface area contributed by atoms with Gasteiger partial charge in [0.05, 0.1) is 12.1 Å². The number of unbranched alkanes of at least 4 members (excludes halogenated alkanes) is 1. The van der Waals surface area contributed by atoms with Gasteiger partial charge in [0, 0.05) is 12.6 Å². The SMILES string of the molecule is NC(CCCCB(O)O)CN[C@H](c1ccccc1)[C@@H](O)c1ccccc1. The lowest BCUT2D eigenvalue weighted by Crippen LogP contribution is -2.38. The van der Waals surface area contributed by atoms with E-state index in [0.717, 1.165) is 30.4 Å². The maximum atomic E-state index is 10.9. The minimum Gasteiger partial charge on any atom is -0.427 e. The normalized spacial score (nSPS) is 14.6. The predicted octanol–water partition coefficient (Wildman–Crippen LogP) is 2.02. The number of rotatable bonds is 11. The zero-order chi connectivity index (χ0) is 18.8. The summed E-state index contributed by atoms with van der Waals surface area (Å²) in [6.45, 7) is 0.575. The molecule has 26 heavy (non-hydrogen) atoms. The predicted molar refractivity (Wildman–Crippen MR) is 105 cm³/mol. The van der Waals surface area contributed by atoms with Crippen molar-refractivity contribution in [2.24, 2.45) is 5.73 Å². The van der Waals surface area contributed by atoms with Crippen LogP contribution in [0.15, 0.2) is 60.7 Å². The Hall–Kier alpha value is -1.70. The van der Waals surface area contributed by atoms with Gasteiger partial charge in [0.25, 0.3) is 0 Å². The minimum atomic E-state index is -1.24. The van der Waals surface area contributed by atoms with E-state index in [1.54, 1.807) is 0 Å². The third-order valence-corrected chi connectivity index (χ3v) is 4.50. The Morgan fingerprint density at radius 3 is 2.04 bits per heavy atom. The van der Waals surface area contributed by atoms with Gasteiger partial charge < -0.3 is 26.2 Å². The van der Waals surface area contributed by atoms with Gasteiger partial charge >= 0.3 is 7.12 Å². The number of hydrogen-bond donors (Lipinski definition) is 5. The highest BCUT2D eigenvalue weighted by molar-refractivity contribution is 6.40. The van der Waals surface area contributed by atoms with Gasteiger partial charge in [0.2, 0.25) is 0 Å². The standard InChI is InChI=1S/C20H29BN2O3/c22-18(13-7-8-14-21(25)26)15-23-19(16-9-3-1-4-10-16)20(24)17-11-5-2-6-12-17/h1-6,9-12,18-20,23-26H,7-8,13-15,22H2/t18?,19-,20+/m1/s1. The molecule has 0 saturated heterocycles. The molecule has 0 fully saturated rings. The first-order chi connectivity index (χ1) is 12.6. The zero-order valence-electron chi connectivity index (χ0n) is 15.0. The van der Waals surface area contributed by atoms with Gasteiger partial charge in [-0.15, -0.1) is 0 Å². The van der Waals surface area contributed by atoms with Crippen LogP contribution in [0.3, 0.4) is 0 Å². The summed E-state index contributed by atoms with van der Waals surface area (Å²) in [6.07, 6.45) is 2.08. The van der Waals surface area contributed by atoms with E-state index in [1.165, 1.54) is 0 Å². The molecule has 140 valence electrons. The summed E-state index contributed by atoms with van der Waals surface area (Å²) in [5.74, 6) is 0. The molecule has 2 aromatic rings. The molecule has 6 N–H and O–H groups in total. The van der Waals surface area contributed by atoms with Gasteiger partial charge in [-0.05, 0) is 23.9 Å². The van der Waals surface area contributed by atoms with Crippen LogP contribution < -0.4 is 11.1 Å². The van der Waals surface area contributed by atoms with E-state index >= 15 is 0 Å². The molecule has 0 bridgehead atoms. The van der Waals surface area contributed by atoms with E-state index in [0.29, 0.717) is 12.9 Å². The summed E-state index contributed by atoms with van der Waals surface area (Å²) < 4.78 is 0. The quantitative estimate of drug-likeness (QED) is 0.313. The van der Waals surface area contributed by atoms with Crippen molar-refractivity contribution in [3.8, 4) is 0 Å². The van der Waals surface area contributed by atoms with Crippen LogP contribution >= 0.6 is 0 Å². The first-order valence-electron chi connectivity index (χ1n) is 9.21. The van der Waals surface area contributed by atoms with Gasteiger partial charge in [0.1, 0.15) is 0 Å². The average molecular weight is 356 g/mol. The van der Waals surface area contributed by atoms with E-state index in [1.807, 2.05) is 60.7 Å². The molecule has 0 amide bonds. The lowest BCUT2D eigenvalue weighted by molar-refractivity contribution is 0.127. The summed E-state index contributed by atoms with van der Waals surface area (Å²) in [7, 11) is -1.24. The zero-order valence-corrected chi connectivity index (χ0v) is 15.0. The Balaban J connectivity index is 1.95. The summed E-state index contributed by atoms with van der Waals surface area (Å²) >= 11 is 0. The molecular weight excluding hydrogens is 327 g/mol. The number of aliphatic hydroxyl groups is 1. The van der Waals surface area contributed by atoms with Crippen LogP contribution in [0.25, 0.3) is 0 Å². The second kappa shape index (κ2) is 11.1. The number of hydrogen-bond acceptors (Lipinski definition) is 5. The molecule has 2 rings (SSSR count). The van der Waals surface area contributed by atoms with E-state index < -0.39 is 13.2 Å². The molecule has 0 aliphatic heterocycles. The van der Waals surface area contributed by atoms with Gasteiger partial charge in [-0.2, -0.15) is 0 Å². The molecule has 6 heteroatoms.